The highest BCUT2D eigenvalue weighted by Crippen LogP contribution is 2.23. The Hall–Kier alpha value is -2.89. The Morgan fingerprint density at radius 3 is 2.88 bits per heavy atom. The van der Waals surface area contributed by atoms with Crippen molar-refractivity contribution in [2.24, 2.45) is 5.92 Å². The van der Waals surface area contributed by atoms with Crippen LogP contribution < -0.4 is 10.1 Å². The van der Waals surface area contributed by atoms with Crippen LogP contribution in [-0.2, 0) is 16.2 Å². The predicted octanol–water partition coefficient (Wildman–Crippen LogP) is 2.86. The molecule has 2 amide bonds. The molecule has 0 spiro atoms. The molecule has 26 heavy (non-hydrogen) atoms. The summed E-state index contributed by atoms with van der Waals surface area (Å²) >= 11 is 0. The van der Waals surface area contributed by atoms with E-state index in [1.807, 2.05) is 44.2 Å². The third-order valence-electron chi connectivity index (χ3n) is 4.38. The van der Waals surface area contributed by atoms with Crippen LogP contribution in [0.25, 0.3) is 0 Å². The third kappa shape index (κ3) is 4.39. The van der Waals surface area contributed by atoms with Crippen molar-refractivity contribution in [2.75, 3.05) is 11.9 Å². The summed E-state index contributed by atoms with van der Waals surface area (Å²) in [5.74, 6) is 0.252. The number of hydrogen-bond donors (Lipinski definition) is 1. The first-order valence-corrected chi connectivity index (χ1v) is 8.75. The molecule has 6 nitrogen and oxygen atoms in total. The minimum absolute atomic E-state index is 0.0358. The first-order chi connectivity index (χ1) is 12.5. The van der Waals surface area contributed by atoms with Crippen molar-refractivity contribution < 1.29 is 14.3 Å². The van der Waals surface area contributed by atoms with Crippen molar-refractivity contribution in [3.63, 3.8) is 0 Å². The molecule has 1 unspecified atom stereocenters. The summed E-state index contributed by atoms with van der Waals surface area (Å²) in [6.45, 7) is 4.80. The van der Waals surface area contributed by atoms with Gasteiger partial charge in [-0.1, -0.05) is 12.1 Å². The molecule has 1 N–H and O–H groups in total. The van der Waals surface area contributed by atoms with Crippen LogP contribution in [0.15, 0.2) is 48.8 Å². The molecule has 0 saturated carbocycles. The van der Waals surface area contributed by atoms with Gasteiger partial charge in [0.1, 0.15) is 12.4 Å². The summed E-state index contributed by atoms with van der Waals surface area (Å²) in [4.78, 5) is 30.3. The van der Waals surface area contributed by atoms with Crippen LogP contribution in [0.1, 0.15) is 25.8 Å². The Labute approximate surface area is 153 Å². The number of benzene rings is 1. The molecule has 0 aliphatic carbocycles. The van der Waals surface area contributed by atoms with Crippen LogP contribution in [0.3, 0.4) is 0 Å². The van der Waals surface area contributed by atoms with E-state index in [4.69, 9.17) is 4.74 Å². The molecular formula is C20H23N3O3. The van der Waals surface area contributed by atoms with E-state index in [1.54, 1.807) is 23.4 Å². The maximum Gasteiger partial charge on any atom is 0.229 e. The van der Waals surface area contributed by atoms with Gasteiger partial charge < -0.3 is 15.0 Å². The van der Waals surface area contributed by atoms with Gasteiger partial charge in [0.05, 0.1) is 5.92 Å². The Morgan fingerprint density at radius 2 is 2.19 bits per heavy atom. The highest BCUT2D eigenvalue weighted by Gasteiger charge is 2.35. The maximum absolute atomic E-state index is 12.5. The Bertz CT molecular complexity index is 777. The van der Waals surface area contributed by atoms with Crippen molar-refractivity contribution in [1.82, 2.24) is 9.88 Å². The molecular weight excluding hydrogens is 330 g/mol. The molecule has 0 radical (unpaired) electrons. The summed E-state index contributed by atoms with van der Waals surface area (Å²) in [5, 5.41) is 2.89. The van der Waals surface area contributed by atoms with E-state index in [2.05, 4.69) is 10.3 Å². The number of amides is 2. The summed E-state index contributed by atoms with van der Waals surface area (Å²) in [7, 11) is 0. The molecule has 1 aromatic heterocycles. The normalized spacial score (nSPS) is 16.8. The van der Waals surface area contributed by atoms with Gasteiger partial charge in [0.2, 0.25) is 11.8 Å². The summed E-state index contributed by atoms with van der Waals surface area (Å²) in [6.07, 6.45) is 3.73. The number of ether oxygens (including phenoxy) is 1. The summed E-state index contributed by atoms with van der Waals surface area (Å²) in [6, 6.07) is 11.2. The first-order valence-electron chi connectivity index (χ1n) is 8.75. The second-order valence-electron chi connectivity index (χ2n) is 6.71. The van der Waals surface area contributed by atoms with Gasteiger partial charge in [-0.3, -0.25) is 14.6 Å². The van der Waals surface area contributed by atoms with Gasteiger partial charge in [0.25, 0.3) is 0 Å². The topological polar surface area (TPSA) is 71.5 Å². The predicted molar refractivity (Wildman–Crippen MR) is 98.6 cm³/mol. The number of nitrogens with one attached hydrogen (secondary N) is 1. The quantitative estimate of drug-likeness (QED) is 0.867. The van der Waals surface area contributed by atoms with Crippen LogP contribution >= 0.6 is 0 Å². The van der Waals surface area contributed by atoms with Gasteiger partial charge in [-0.15, -0.1) is 0 Å². The number of anilines is 1. The van der Waals surface area contributed by atoms with E-state index in [-0.39, 0.29) is 30.2 Å². The minimum Gasteiger partial charge on any atom is -0.489 e. The van der Waals surface area contributed by atoms with Crippen LogP contribution in [-0.4, -0.2) is 34.3 Å². The molecule has 0 bridgehead atoms. The smallest absolute Gasteiger partial charge is 0.229 e. The SMILES string of the molecule is CC(C)N1CC(C(=O)Nc2cccc(OCc3cccnc3)c2)CC1=O. The molecule has 3 rings (SSSR count). The zero-order chi connectivity index (χ0) is 18.5. The molecule has 1 aliphatic rings. The average molecular weight is 353 g/mol. The van der Waals surface area contributed by atoms with Gasteiger partial charge in [0, 0.05) is 48.7 Å². The highest BCUT2D eigenvalue weighted by atomic mass is 16.5. The number of aromatic nitrogens is 1. The van der Waals surface area contributed by atoms with Crippen LogP contribution in [0.5, 0.6) is 5.75 Å². The zero-order valence-electron chi connectivity index (χ0n) is 15.0. The van der Waals surface area contributed by atoms with Gasteiger partial charge in [-0.05, 0) is 32.0 Å². The Balaban J connectivity index is 1.58. The fourth-order valence-electron chi connectivity index (χ4n) is 2.96. The highest BCUT2D eigenvalue weighted by molar-refractivity contribution is 5.97. The molecule has 2 aromatic rings. The van der Waals surface area contributed by atoms with Crippen molar-refractivity contribution in [3.8, 4) is 5.75 Å². The molecule has 1 atom stereocenters. The van der Waals surface area contributed by atoms with Gasteiger partial charge in [-0.25, -0.2) is 0 Å². The number of likely N-dealkylation sites (tertiary alicyclic amines) is 1. The number of hydrogen-bond acceptors (Lipinski definition) is 4. The maximum atomic E-state index is 12.5. The van der Waals surface area contributed by atoms with Gasteiger partial charge in [-0.2, -0.15) is 0 Å². The second-order valence-corrected chi connectivity index (χ2v) is 6.71. The fourth-order valence-corrected chi connectivity index (χ4v) is 2.96. The van der Waals surface area contributed by atoms with Crippen molar-refractivity contribution >= 4 is 17.5 Å². The minimum atomic E-state index is -0.315. The van der Waals surface area contributed by atoms with Crippen molar-refractivity contribution in [2.45, 2.75) is 32.9 Å². The largest absolute Gasteiger partial charge is 0.489 e. The fraction of sp³-hybridized carbons (Fsp3) is 0.350. The van der Waals surface area contributed by atoms with E-state index in [9.17, 15) is 9.59 Å². The number of pyridine rings is 1. The lowest BCUT2D eigenvalue weighted by Crippen LogP contribution is -2.33. The number of nitrogens with zero attached hydrogens (tertiary/aromatic N) is 2. The molecule has 1 saturated heterocycles. The Morgan fingerprint density at radius 1 is 1.35 bits per heavy atom. The van der Waals surface area contributed by atoms with Crippen LogP contribution in [0, 0.1) is 5.92 Å². The van der Waals surface area contributed by atoms with Crippen molar-refractivity contribution in [1.29, 1.82) is 0 Å². The first kappa shape index (κ1) is 17.9. The molecule has 136 valence electrons. The molecule has 6 heteroatoms. The Kier molecular flexibility index (Phi) is 5.51. The standard InChI is InChI=1S/C20H23N3O3/c1-14(2)23-12-16(9-19(23)24)20(25)22-17-6-3-7-18(10-17)26-13-15-5-4-8-21-11-15/h3-8,10-11,14,16H,9,12-13H2,1-2H3,(H,22,25). The van der Waals surface area contributed by atoms with Gasteiger partial charge in [0.15, 0.2) is 0 Å². The lowest BCUT2D eigenvalue weighted by molar-refractivity contribution is -0.129. The summed E-state index contributed by atoms with van der Waals surface area (Å²) < 4.78 is 5.75. The van der Waals surface area contributed by atoms with E-state index in [1.165, 1.54) is 0 Å². The van der Waals surface area contributed by atoms with E-state index in [0.717, 1.165) is 5.56 Å². The number of carbonyl (C=O) groups is 2. The number of carbonyl (C=O) groups excluding carboxylic acids is 2. The lowest BCUT2D eigenvalue weighted by Gasteiger charge is -2.20. The van der Waals surface area contributed by atoms with Crippen molar-refractivity contribution in [3.05, 3.63) is 54.4 Å². The van der Waals surface area contributed by atoms with Crippen LogP contribution in [0.4, 0.5) is 5.69 Å². The monoisotopic (exact) mass is 353 g/mol. The second kappa shape index (κ2) is 7.99. The molecule has 1 fully saturated rings. The summed E-state index contributed by atoms with van der Waals surface area (Å²) in [5.41, 5.74) is 1.63. The number of rotatable bonds is 6. The average Bonchev–Trinajstić information content (AvgIpc) is 3.03. The van der Waals surface area contributed by atoms with Gasteiger partial charge >= 0.3 is 0 Å². The van der Waals surface area contributed by atoms with Crippen LogP contribution in [0.2, 0.25) is 0 Å². The van der Waals surface area contributed by atoms with E-state index < -0.39 is 0 Å². The molecule has 1 aliphatic heterocycles. The van der Waals surface area contributed by atoms with E-state index in [0.29, 0.717) is 24.6 Å². The zero-order valence-corrected chi connectivity index (χ0v) is 15.0. The lowest BCUT2D eigenvalue weighted by atomic mass is 10.1. The molecule has 1 aromatic carbocycles. The molecule has 2 heterocycles. The van der Waals surface area contributed by atoms with E-state index >= 15 is 0 Å². The third-order valence-corrected chi connectivity index (χ3v) is 4.38.